The van der Waals surface area contributed by atoms with Gasteiger partial charge in [-0.05, 0) is 14.0 Å². The van der Waals surface area contributed by atoms with E-state index < -0.39 is 11.8 Å². The highest BCUT2D eigenvalue weighted by Crippen LogP contribution is 2.25. The van der Waals surface area contributed by atoms with Crippen molar-refractivity contribution in [3.63, 3.8) is 0 Å². The van der Waals surface area contributed by atoms with Crippen LogP contribution in [0.3, 0.4) is 0 Å². The Kier molecular flexibility index (Phi) is 3.21. The number of alkyl halides is 2. The second-order valence-corrected chi connectivity index (χ2v) is 3.43. The number of nitrogens with zero attached hydrogens (tertiary/aromatic N) is 1. The maximum Gasteiger partial charge on any atom is 0.319 e. The van der Waals surface area contributed by atoms with Gasteiger partial charge in [0.15, 0.2) is 0 Å². The third-order valence-corrected chi connectivity index (χ3v) is 1.94. The van der Waals surface area contributed by atoms with Crippen molar-refractivity contribution in [2.24, 2.45) is 0 Å². The molecule has 0 saturated carbocycles. The summed E-state index contributed by atoms with van der Waals surface area (Å²) in [7, 11) is 1.81. The van der Waals surface area contributed by atoms with E-state index in [4.69, 9.17) is 0 Å². The van der Waals surface area contributed by atoms with Crippen molar-refractivity contribution in [1.29, 1.82) is 0 Å². The number of nitrogens with one attached hydrogen (secondary N) is 1. The van der Waals surface area contributed by atoms with Crippen molar-refractivity contribution >= 4 is 0 Å². The molecule has 1 atom stereocenters. The molecule has 1 rings (SSSR count). The highest BCUT2D eigenvalue weighted by molar-refractivity contribution is 5.01. The molecule has 1 aromatic rings. The predicted octanol–water partition coefficient (Wildman–Crippen LogP) is 1.94. The van der Waals surface area contributed by atoms with Gasteiger partial charge in [0.2, 0.25) is 0 Å². The first-order chi connectivity index (χ1) is 6.43. The fraction of sp³-hybridized carbons (Fsp3) is 0.667. The van der Waals surface area contributed by atoms with Crippen LogP contribution >= 0.6 is 0 Å². The van der Waals surface area contributed by atoms with Gasteiger partial charge in [-0.1, -0.05) is 0 Å². The van der Waals surface area contributed by atoms with E-state index in [9.17, 15) is 8.78 Å². The van der Waals surface area contributed by atoms with E-state index in [2.05, 4.69) is 14.7 Å². The van der Waals surface area contributed by atoms with E-state index in [0.717, 1.165) is 6.92 Å². The summed E-state index contributed by atoms with van der Waals surface area (Å²) in [6.07, 6.45) is 1.86. The summed E-state index contributed by atoms with van der Waals surface area (Å²) in [6.45, 7) is 2.71. The first kappa shape index (κ1) is 11.1. The average Bonchev–Trinajstić information content (AvgIpc) is 2.51. The van der Waals surface area contributed by atoms with Crippen LogP contribution in [-0.4, -0.2) is 18.1 Å². The lowest BCUT2D eigenvalue weighted by molar-refractivity contribution is -0.0109. The van der Waals surface area contributed by atoms with Gasteiger partial charge in [-0.25, -0.2) is 4.98 Å². The van der Waals surface area contributed by atoms with Crippen molar-refractivity contribution in [2.75, 3.05) is 7.05 Å². The minimum atomic E-state index is -3.00. The maximum atomic E-state index is 12.7. The molecule has 0 aliphatic rings. The summed E-state index contributed by atoms with van der Waals surface area (Å²) in [6, 6.07) is 0.193. The number of halogens is 2. The Labute approximate surface area is 81.5 Å². The lowest BCUT2D eigenvalue weighted by atomic mass is 10.2. The number of hydrogen-bond acceptors (Lipinski definition) is 3. The molecule has 0 radical (unpaired) electrons. The van der Waals surface area contributed by atoms with Gasteiger partial charge in [0.25, 0.3) is 5.89 Å². The van der Waals surface area contributed by atoms with Crippen molar-refractivity contribution in [2.45, 2.75) is 32.2 Å². The quantitative estimate of drug-likeness (QED) is 0.814. The molecule has 0 spiro atoms. The zero-order chi connectivity index (χ0) is 10.8. The van der Waals surface area contributed by atoms with E-state index in [1.165, 1.54) is 6.26 Å². The molecule has 1 unspecified atom stereocenters. The molecule has 1 N–H and O–H groups in total. The molecule has 0 aliphatic carbocycles. The molecule has 3 nitrogen and oxygen atoms in total. The van der Waals surface area contributed by atoms with E-state index >= 15 is 0 Å². The Morgan fingerprint density at radius 1 is 1.64 bits per heavy atom. The third-order valence-electron chi connectivity index (χ3n) is 1.94. The molecule has 0 aromatic carbocycles. The highest BCUT2D eigenvalue weighted by Gasteiger charge is 2.30. The lowest BCUT2D eigenvalue weighted by Gasteiger charge is -2.06. The zero-order valence-corrected chi connectivity index (χ0v) is 8.47. The topological polar surface area (TPSA) is 38.1 Å². The molecule has 0 amide bonds. The first-order valence-electron chi connectivity index (χ1n) is 4.43. The Morgan fingerprint density at radius 2 is 2.29 bits per heavy atom. The molecule has 80 valence electrons. The van der Waals surface area contributed by atoms with Gasteiger partial charge in [-0.2, -0.15) is 8.78 Å². The lowest BCUT2D eigenvalue weighted by Crippen LogP contribution is -2.23. The monoisotopic (exact) mass is 204 g/mol. The predicted molar refractivity (Wildman–Crippen MR) is 48.3 cm³/mol. The van der Waals surface area contributed by atoms with Crippen molar-refractivity contribution in [1.82, 2.24) is 10.3 Å². The van der Waals surface area contributed by atoms with E-state index in [1.807, 2.05) is 6.92 Å². The number of rotatable bonds is 4. The molecular formula is C9H14F2N2O. The van der Waals surface area contributed by atoms with Crippen LogP contribution < -0.4 is 5.32 Å². The van der Waals surface area contributed by atoms with Crippen molar-refractivity contribution in [3.05, 3.63) is 17.8 Å². The van der Waals surface area contributed by atoms with E-state index in [1.54, 1.807) is 7.05 Å². The van der Waals surface area contributed by atoms with Crippen LogP contribution in [0.1, 0.15) is 25.4 Å². The first-order valence-corrected chi connectivity index (χ1v) is 4.43. The zero-order valence-electron chi connectivity index (χ0n) is 8.47. The van der Waals surface area contributed by atoms with Crippen LogP contribution in [0.2, 0.25) is 0 Å². The molecule has 5 heteroatoms. The molecule has 0 aliphatic heterocycles. The Morgan fingerprint density at radius 3 is 2.71 bits per heavy atom. The molecule has 14 heavy (non-hydrogen) atoms. The van der Waals surface area contributed by atoms with E-state index in [0.29, 0.717) is 12.1 Å². The summed E-state index contributed by atoms with van der Waals surface area (Å²) in [5, 5.41) is 2.99. The summed E-state index contributed by atoms with van der Waals surface area (Å²) < 4.78 is 30.1. The molecule has 0 fully saturated rings. The fourth-order valence-corrected chi connectivity index (χ4v) is 1.02. The van der Waals surface area contributed by atoms with Gasteiger partial charge in [-0.15, -0.1) is 0 Å². The average molecular weight is 204 g/mol. The largest absolute Gasteiger partial charge is 0.443 e. The van der Waals surface area contributed by atoms with Crippen molar-refractivity contribution < 1.29 is 13.2 Å². The normalized spacial score (nSPS) is 14.4. The minimum absolute atomic E-state index is 0.193. The van der Waals surface area contributed by atoms with Crippen LogP contribution in [0.4, 0.5) is 8.78 Å². The Bertz CT molecular complexity index is 293. The molecule has 1 aromatic heterocycles. The van der Waals surface area contributed by atoms with E-state index in [-0.39, 0.29) is 6.04 Å². The second kappa shape index (κ2) is 4.04. The Balaban J connectivity index is 2.69. The SMILES string of the molecule is CNC(C)Cc1coc(C(C)(F)F)n1. The smallest absolute Gasteiger partial charge is 0.319 e. The second-order valence-electron chi connectivity index (χ2n) is 3.43. The third kappa shape index (κ3) is 2.77. The summed E-state index contributed by atoms with van der Waals surface area (Å²) >= 11 is 0. The van der Waals surface area contributed by atoms with Crippen LogP contribution in [0.15, 0.2) is 10.7 Å². The van der Waals surface area contributed by atoms with Gasteiger partial charge in [0.1, 0.15) is 6.26 Å². The van der Waals surface area contributed by atoms with Crippen LogP contribution in [0, 0.1) is 0 Å². The number of aromatic nitrogens is 1. The summed E-state index contributed by atoms with van der Waals surface area (Å²) in [4.78, 5) is 3.71. The van der Waals surface area contributed by atoms with Crippen LogP contribution in [0.25, 0.3) is 0 Å². The minimum Gasteiger partial charge on any atom is -0.443 e. The molecule has 1 heterocycles. The summed E-state index contributed by atoms with van der Waals surface area (Å²) in [5.74, 6) is -3.52. The van der Waals surface area contributed by atoms with Crippen molar-refractivity contribution in [3.8, 4) is 0 Å². The van der Waals surface area contributed by atoms with Crippen LogP contribution in [0.5, 0.6) is 0 Å². The maximum absolute atomic E-state index is 12.7. The number of hydrogen-bond donors (Lipinski definition) is 1. The molecule has 0 saturated heterocycles. The molecular weight excluding hydrogens is 190 g/mol. The van der Waals surface area contributed by atoms with Gasteiger partial charge in [0.05, 0.1) is 5.69 Å². The standard InChI is InChI=1S/C9H14F2N2O/c1-6(12-3)4-7-5-14-8(13-7)9(2,10)11/h5-6,12H,4H2,1-3H3. The van der Waals surface area contributed by atoms with Crippen LogP contribution in [-0.2, 0) is 12.3 Å². The highest BCUT2D eigenvalue weighted by atomic mass is 19.3. The number of oxazole rings is 1. The van der Waals surface area contributed by atoms with Gasteiger partial charge >= 0.3 is 5.92 Å². The Hall–Kier alpha value is -0.970. The van der Waals surface area contributed by atoms with Gasteiger partial charge in [0, 0.05) is 19.4 Å². The van der Waals surface area contributed by atoms with Gasteiger partial charge < -0.3 is 9.73 Å². The van der Waals surface area contributed by atoms with Gasteiger partial charge in [-0.3, -0.25) is 0 Å². The fourth-order valence-electron chi connectivity index (χ4n) is 1.02. The number of likely N-dealkylation sites (N-methyl/N-ethyl adjacent to an activating group) is 1. The molecule has 0 bridgehead atoms. The summed E-state index contributed by atoms with van der Waals surface area (Å²) in [5.41, 5.74) is 0.545.